The van der Waals surface area contributed by atoms with Crippen molar-refractivity contribution in [3.63, 3.8) is 0 Å². The quantitative estimate of drug-likeness (QED) is 0.165. The fraction of sp³-hybridized carbons (Fsp3) is 0.970. The van der Waals surface area contributed by atoms with Crippen molar-refractivity contribution in [3.8, 4) is 0 Å². The van der Waals surface area contributed by atoms with Crippen molar-refractivity contribution in [1.82, 2.24) is 0 Å². The molecule has 0 aromatic rings. The molecule has 6 nitrogen and oxygen atoms in total. The van der Waals surface area contributed by atoms with E-state index in [1.54, 1.807) is 0 Å². The third-order valence-corrected chi connectivity index (χ3v) is 10.3. The normalized spacial score (nSPS) is 40.6. The molecule has 10 atom stereocenters. The predicted molar refractivity (Wildman–Crippen MR) is 173 cm³/mol. The van der Waals surface area contributed by atoms with Crippen molar-refractivity contribution in [3.05, 3.63) is 0 Å². The Morgan fingerprint density at radius 3 is 1.57 bits per heavy atom. The molecule has 18 heteroatoms. The fourth-order valence-corrected chi connectivity index (χ4v) is 8.55. The lowest BCUT2D eigenvalue weighted by molar-refractivity contribution is -0.461. The molecule has 10 unspecified atom stereocenters. The summed E-state index contributed by atoms with van der Waals surface area (Å²) in [6.07, 6.45) is -7.09. The minimum Gasteiger partial charge on any atom is -0.450 e. The van der Waals surface area contributed by atoms with Gasteiger partial charge in [0.1, 0.15) is 0 Å². The van der Waals surface area contributed by atoms with Gasteiger partial charge in [-0.3, -0.25) is 4.79 Å². The molecule has 0 amide bonds. The Hall–Kier alpha value is -0.956. The molecule has 51 heavy (non-hydrogen) atoms. The van der Waals surface area contributed by atoms with E-state index in [2.05, 4.69) is 61.8 Å². The number of ether oxygens (including phenoxy) is 3. The minimum atomic E-state index is -5.71. The summed E-state index contributed by atoms with van der Waals surface area (Å²) >= 11 is 0. The summed E-state index contributed by atoms with van der Waals surface area (Å²) < 4.78 is 148. The van der Waals surface area contributed by atoms with Crippen LogP contribution in [-0.2, 0) is 19.0 Å². The number of hydrogen-bond acceptors (Lipinski definition) is 6. The maximum Gasteiger partial charge on any atom is 0.449 e. The standard InChI is InChI=1S/C14H17F5O4.C11H13F5O2.2C4H12Si/c1-7(20)23-11(10-5-8-2-3-9(10)4-8)6-22-13(21,12(11,15)16)14(17,18)19;12-9(13)8-6-2-1-5(3-6)7(8)4-18-10(9,17)11(14,15)16;2*1-5(2,3)4/h8-10,21H,2-6H2,1H3;5-8,17H,1-4H2;2*1-4H3. The number of rotatable bonds is 2. The zero-order chi connectivity index (χ0) is 39.6. The van der Waals surface area contributed by atoms with Crippen LogP contribution in [0.5, 0.6) is 0 Å². The van der Waals surface area contributed by atoms with E-state index in [0.717, 1.165) is 19.8 Å². The number of hydrogen-bond donors (Lipinski definition) is 2. The molecule has 2 saturated heterocycles. The van der Waals surface area contributed by atoms with Gasteiger partial charge in [-0.05, 0) is 68.1 Å². The fourth-order valence-electron chi connectivity index (χ4n) is 8.55. The Morgan fingerprint density at radius 2 is 1.18 bits per heavy atom. The Labute approximate surface area is 295 Å². The summed E-state index contributed by atoms with van der Waals surface area (Å²) in [4.78, 5) is 11.3. The largest absolute Gasteiger partial charge is 0.450 e. The number of esters is 1. The van der Waals surface area contributed by atoms with Crippen molar-refractivity contribution < 1.29 is 73.1 Å². The molecule has 4 saturated carbocycles. The predicted octanol–water partition coefficient (Wildman–Crippen LogP) is 9.11. The zero-order valence-corrected chi connectivity index (χ0v) is 32.7. The number of alkyl halides is 10. The Kier molecular flexibility index (Phi) is 12.4. The Morgan fingerprint density at radius 1 is 0.706 bits per heavy atom. The summed E-state index contributed by atoms with van der Waals surface area (Å²) in [5.74, 6) is -22.6. The highest BCUT2D eigenvalue weighted by atomic mass is 28.3. The van der Waals surface area contributed by atoms with Gasteiger partial charge >= 0.3 is 41.7 Å². The third-order valence-electron chi connectivity index (χ3n) is 10.3. The van der Waals surface area contributed by atoms with Gasteiger partial charge in [-0.25, -0.2) is 0 Å². The molecule has 4 aliphatic carbocycles. The van der Waals surface area contributed by atoms with Crippen LogP contribution in [0.4, 0.5) is 43.9 Å². The van der Waals surface area contributed by atoms with Gasteiger partial charge < -0.3 is 24.4 Å². The zero-order valence-electron chi connectivity index (χ0n) is 30.7. The maximum absolute atomic E-state index is 14.8. The number of aliphatic hydroxyl groups is 2. The van der Waals surface area contributed by atoms with Crippen LogP contribution < -0.4 is 0 Å². The van der Waals surface area contributed by atoms with Gasteiger partial charge in [0.05, 0.1) is 13.2 Å². The van der Waals surface area contributed by atoms with E-state index in [4.69, 9.17) is 4.74 Å². The molecule has 0 aromatic carbocycles. The van der Waals surface area contributed by atoms with Crippen molar-refractivity contribution >= 4 is 22.1 Å². The van der Waals surface area contributed by atoms with Crippen LogP contribution in [0.3, 0.4) is 0 Å². The van der Waals surface area contributed by atoms with Crippen molar-refractivity contribution in [2.75, 3.05) is 13.2 Å². The van der Waals surface area contributed by atoms with Gasteiger partial charge in [-0.15, -0.1) is 0 Å². The lowest BCUT2D eigenvalue weighted by atomic mass is 9.72. The second-order valence-electron chi connectivity index (χ2n) is 18.4. The third kappa shape index (κ3) is 8.65. The van der Waals surface area contributed by atoms with E-state index in [1.807, 2.05) is 0 Å². The van der Waals surface area contributed by atoms with Gasteiger partial charge in [-0.1, -0.05) is 58.8 Å². The molecule has 4 bridgehead atoms. The highest BCUT2D eigenvalue weighted by molar-refractivity contribution is 6.75. The van der Waals surface area contributed by atoms with Crippen LogP contribution in [0.15, 0.2) is 0 Å². The first-order valence-corrected chi connectivity index (χ1v) is 25.4. The van der Waals surface area contributed by atoms with E-state index in [9.17, 15) is 58.9 Å². The average Bonchev–Trinajstić information content (AvgIpc) is 3.73. The van der Waals surface area contributed by atoms with Crippen LogP contribution in [0, 0.1) is 41.4 Å². The first kappa shape index (κ1) is 44.4. The molecule has 6 rings (SSSR count). The topological polar surface area (TPSA) is 85.2 Å². The van der Waals surface area contributed by atoms with E-state index in [1.165, 1.54) is 0 Å². The van der Waals surface area contributed by atoms with Crippen molar-refractivity contribution in [2.45, 2.75) is 146 Å². The molecule has 2 N–H and O–H groups in total. The van der Waals surface area contributed by atoms with Gasteiger partial charge in [-0.2, -0.15) is 43.9 Å². The van der Waals surface area contributed by atoms with E-state index < -0.39 is 100 Å². The molecule has 6 fully saturated rings. The lowest BCUT2D eigenvalue weighted by Gasteiger charge is -2.49. The maximum atomic E-state index is 14.8. The summed E-state index contributed by atoms with van der Waals surface area (Å²) in [6.45, 7) is 17.9. The molecule has 2 aliphatic heterocycles. The molecule has 0 spiro atoms. The number of halogens is 10. The van der Waals surface area contributed by atoms with Crippen LogP contribution in [0.1, 0.15) is 51.9 Å². The Balaban J connectivity index is 0.000000222. The van der Waals surface area contributed by atoms with E-state index >= 15 is 0 Å². The molecular weight excluding hydrogens is 739 g/mol. The van der Waals surface area contributed by atoms with Crippen LogP contribution >= 0.6 is 0 Å². The van der Waals surface area contributed by atoms with Crippen LogP contribution in [0.25, 0.3) is 0 Å². The molecule has 6 aliphatic rings. The van der Waals surface area contributed by atoms with Crippen LogP contribution in [0.2, 0.25) is 52.4 Å². The van der Waals surface area contributed by atoms with Crippen LogP contribution in [-0.4, -0.2) is 86.9 Å². The van der Waals surface area contributed by atoms with Crippen molar-refractivity contribution in [2.24, 2.45) is 41.4 Å². The van der Waals surface area contributed by atoms with E-state index in [0.29, 0.717) is 25.7 Å². The minimum absolute atomic E-state index is 0.0173. The second kappa shape index (κ2) is 14.3. The molecule has 2 heterocycles. The average molecular weight is 793 g/mol. The van der Waals surface area contributed by atoms with Gasteiger partial charge in [0, 0.05) is 34.9 Å². The van der Waals surface area contributed by atoms with Gasteiger partial charge in [0.25, 0.3) is 0 Å². The SMILES string of the molecule is CC(=O)OC1(C2CC3CCC2C3)COC(O)(C(F)(F)F)C1(F)F.C[Si](C)(C)C.C[Si](C)(C)C.OC1(C(F)(F)F)OCC2C3CCC(C3)C2C1(F)F. The van der Waals surface area contributed by atoms with Gasteiger partial charge in [0.2, 0.25) is 5.60 Å². The second-order valence-corrected chi connectivity index (χ2v) is 30.4. The van der Waals surface area contributed by atoms with Gasteiger partial charge in [0.15, 0.2) is 0 Å². The summed E-state index contributed by atoms with van der Waals surface area (Å²) in [7, 11) is -1.22. The van der Waals surface area contributed by atoms with E-state index in [-0.39, 0.29) is 24.2 Å². The number of carbonyl (C=O) groups is 1. The Bertz CT molecular complexity index is 1210. The summed E-state index contributed by atoms with van der Waals surface area (Å²) in [5.41, 5.74) is -2.79. The molecular formula is C33H54F10O6Si2. The first-order chi connectivity index (χ1) is 22.6. The smallest absolute Gasteiger partial charge is 0.449 e. The van der Waals surface area contributed by atoms with Crippen molar-refractivity contribution in [1.29, 1.82) is 0 Å². The number of carbonyl (C=O) groups excluding carboxylic acids is 1. The lowest BCUT2D eigenvalue weighted by Crippen LogP contribution is -2.68. The monoisotopic (exact) mass is 792 g/mol. The molecule has 0 radical (unpaired) electrons. The first-order valence-electron chi connectivity index (χ1n) is 17.4. The highest BCUT2D eigenvalue weighted by Crippen LogP contribution is 2.65. The highest BCUT2D eigenvalue weighted by Gasteiger charge is 2.86. The summed E-state index contributed by atoms with van der Waals surface area (Å²) in [6, 6.07) is 0. The summed E-state index contributed by atoms with van der Waals surface area (Å²) in [5, 5.41) is 18.9. The number of fused-ring (bicyclic) bond motifs is 7. The molecule has 0 aromatic heterocycles. The molecule has 300 valence electrons.